The summed E-state index contributed by atoms with van der Waals surface area (Å²) in [5.41, 5.74) is 0. The van der Waals surface area contributed by atoms with Gasteiger partial charge in [-0.2, -0.15) is 5.26 Å². The van der Waals surface area contributed by atoms with Crippen LogP contribution >= 0.6 is 0 Å². The van der Waals surface area contributed by atoms with Crippen molar-refractivity contribution in [3.05, 3.63) is 0 Å². The van der Waals surface area contributed by atoms with Crippen molar-refractivity contribution in [2.75, 3.05) is 0 Å². The highest BCUT2D eigenvalue weighted by atomic mass is 16.6. The lowest BCUT2D eigenvalue weighted by Crippen LogP contribution is -2.36. The third-order valence-electron chi connectivity index (χ3n) is 3.44. The van der Waals surface area contributed by atoms with E-state index in [1.165, 1.54) is 0 Å². The van der Waals surface area contributed by atoms with Crippen molar-refractivity contribution in [1.82, 2.24) is 0 Å². The summed E-state index contributed by atoms with van der Waals surface area (Å²) in [7, 11) is 0. The number of fused-ring (bicyclic) bond motifs is 1. The number of hydrogen-bond donors (Lipinski definition) is 0. The van der Waals surface area contributed by atoms with Gasteiger partial charge in [-0.15, -0.1) is 0 Å². The van der Waals surface area contributed by atoms with Crippen molar-refractivity contribution in [3.8, 4) is 6.07 Å². The van der Waals surface area contributed by atoms with Crippen LogP contribution in [-0.4, -0.2) is 24.3 Å². The summed E-state index contributed by atoms with van der Waals surface area (Å²) in [6.07, 6.45) is -0.319. The molecule has 0 aliphatic carbocycles. The van der Waals surface area contributed by atoms with Crippen LogP contribution in [0.25, 0.3) is 0 Å². The van der Waals surface area contributed by atoms with Gasteiger partial charge in [0.05, 0.1) is 18.1 Å². The summed E-state index contributed by atoms with van der Waals surface area (Å²) < 4.78 is 10.7. The van der Waals surface area contributed by atoms with Crippen LogP contribution in [0.3, 0.4) is 0 Å². The lowest BCUT2D eigenvalue weighted by atomic mass is 9.76. The lowest BCUT2D eigenvalue weighted by molar-refractivity contribution is -0.144. The van der Waals surface area contributed by atoms with Crippen LogP contribution in [0.15, 0.2) is 0 Å². The number of nitrogens with zero attached hydrogens (tertiary/aromatic N) is 1. The quantitative estimate of drug-likeness (QED) is 0.494. The first-order chi connectivity index (χ1) is 6.24. The molecule has 3 fully saturated rings. The van der Waals surface area contributed by atoms with Crippen LogP contribution in [0.5, 0.6) is 0 Å². The van der Waals surface area contributed by atoms with E-state index in [-0.39, 0.29) is 42.0 Å². The zero-order valence-corrected chi connectivity index (χ0v) is 7.14. The Hall–Kier alpha value is -1.08. The first-order valence-electron chi connectivity index (χ1n) is 4.49. The molecule has 13 heavy (non-hydrogen) atoms. The van der Waals surface area contributed by atoms with E-state index in [0.717, 1.165) is 0 Å². The summed E-state index contributed by atoms with van der Waals surface area (Å²) in [6.45, 7) is 1.98. The maximum Gasteiger partial charge on any atom is 0.313 e. The first kappa shape index (κ1) is 7.34. The minimum atomic E-state index is -0.309. The molecule has 0 aromatic rings. The normalized spacial score (nSPS) is 56.5. The molecule has 0 spiro atoms. The predicted molar refractivity (Wildman–Crippen MR) is 40.3 cm³/mol. The van der Waals surface area contributed by atoms with Crippen LogP contribution in [0.2, 0.25) is 0 Å². The van der Waals surface area contributed by atoms with E-state index in [0.29, 0.717) is 0 Å². The summed E-state index contributed by atoms with van der Waals surface area (Å²) in [5.74, 6) is -0.659. The third-order valence-corrected chi connectivity index (χ3v) is 3.44. The Kier molecular flexibility index (Phi) is 1.15. The van der Waals surface area contributed by atoms with Gasteiger partial charge < -0.3 is 9.47 Å². The number of rotatable bonds is 0. The average molecular weight is 179 g/mol. The SMILES string of the molecule is CC1C2OC3C1OC(=O)C3C2C#N. The molecule has 3 aliphatic heterocycles. The fraction of sp³-hybridized carbons (Fsp3) is 0.778. The Morgan fingerprint density at radius 3 is 2.85 bits per heavy atom. The molecule has 0 aromatic carbocycles. The number of carbonyl (C=O) groups excluding carboxylic acids is 1. The van der Waals surface area contributed by atoms with Gasteiger partial charge in [-0.25, -0.2) is 0 Å². The van der Waals surface area contributed by atoms with E-state index in [1.54, 1.807) is 0 Å². The standard InChI is InChI=1S/C9H9NO3/c1-3-6-4(2-10)5-8(12-6)7(3)13-9(5)11/h3-8H,1H3. The summed E-state index contributed by atoms with van der Waals surface area (Å²) in [5, 5.41) is 8.91. The molecular weight excluding hydrogens is 170 g/mol. The second-order valence-electron chi connectivity index (χ2n) is 4.01. The molecule has 0 saturated carbocycles. The minimum absolute atomic E-state index is 0.0866. The molecule has 68 valence electrons. The van der Waals surface area contributed by atoms with Gasteiger partial charge in [0.1, 0.15) is 18.1 Å². The topological polar surface area (TPSA) is 59.3 Å². The van der Waals surface area contributed by atoms with Gasteiger partial charge in [-0.05, 0) is 0 Å². The van der Waals surface area contributed by atoms with E-state index in [9.17, 15) is 4.79 Å². The maximum atomic E-state index is 11.4. The fourth-order valence-electron chi connectivity index (χ4n) is 2.80. The Morgan fingerprint density at radius 1 is 1.38 bits per heavy atom. The molecule has 4 heteroatoms. The van der Waals surface area contributed by atoms with Gasteiger partial charge in [0.2, 0.25) is 0 Å². The number of hydrogen-bond acceptors (Lipinski definition) is 4. The van der Waals surface area contributed by atoms with Crippen LogP contribution in [-0.2, 0) is 14.3 Å². The van der Waals surface area contributed by atoms with Crippen molar-refractivity contribution < 1.29 is 14.3 Å². The van der Waals surface area contributed by atoms with Gasteiger partial charge >= 0.3 is 5.97 Å². The molecule has 3 rings (SSSR count). The van der Waals surface area contributed by atoms with Crippen LogP contribution in [0.1, 0.15) is 6.92 Å². The number of ether oxygens (including phenoxy) is 2. The summed E-state index contributed by atoms with van der Waals surface area (Å²) in [6, 6.07) is 2.16. The van der Waals surface area contributed by atoms with Gasteiger partial charge in [0, 0.05) is 5.92 Å². The van der Waals surface area contributed by atoms with Gasteiger partial charge in [0.25, 0.3) is 0 Å². The fourth-order valence-corrected chi connectivity index (χ4v) is 2.80. The molecule has 4 nitrogen and oxygen atoms in total. The van der Waals surface area contributed by atoms with E-state index in [2.05, 4.69) is 6.07 Å². The zero-order chi connectivity index (χ0) is 9.16. The molecule has 6 unspecified atom stereocenters. The Bertz CT molecular complexity index is 321. The monoisotopic (exact) mass is 179 g/mol. The van der Waals surface area contributed by atoms with Crippen molar-refractivity contribution in [2.45, 2.75) is 25.2 Å². The van der Waals surface area contributed by atoms with Crippen molar-refractivity contribution in [3.63, 3.8) is 0 Å². The molecule has 2 bridgehead atoms. The number of carbonyl (C=O) groups is 1. The number of esters is 1. The smallest absolute Gasteiger partial charge is 0.313 e. The lowest BCUT2D eigenvalue weighted by Gasteiger charge is -2.20. The molecule has 6 atom stereocenters. The molecule has 3 saturated heterocycles. The van der Waals surface area contributed by atoms with E-state index in [4.69, 9.17) is 14.7 Å². The van der Waals surface area contributed by atoms with Gasteiger partial charge in [-0.1, -0.05) is 6.92 Å². The Balaban J connectivity index is 2.07. The van der Waals surface area contributed by atoms with E-state index in [1.807, 2.05) is 6.92 Å². The minimum Gasteiger partial charge on any atom is -0.459 e. The number of nitriles is 1. The van der Waals surface area contributed by atoms with E-state index >= 15 is 0 Å². The second-order valence-corrected chi connectivity index (χ2v) is 4.01. The van der Waals surface area contributed by atoms with Crippen molar-refractivity contribution >= 4 is 5.97 Å². The summed E-state index contributed by atoms with van der Waals surface area (Å²) in [4.78, 5) is 11.4. The molecule has 0 radical (unpaired) electrons. The highest BCUT2D eigenvalue weighted by Crippen LogP contribution is 2.52. The molecule has 3 heterocycles. The first-order valence-corrected chi connectivity index (χ1v) is 4.49. The molecule has 3 aliphatic rings. The van der Waals surface area contributed by atoms with Gasteiger partial charge in [0.15, 0.2) is 0 Å². The zero-order valence-electron chi connectivity index (χ0n) is 7.14. The van der Waals surface area contributed by atoms with Crippen LogP contribution in [0, 0.1) is 29.1 Å². The molecule has 0 amide bonds. The van der Waals surface area contributed by atoms with Crippen LogP contribution < -0.4 is 0 Å². The van der Waals surface area contributed by atoms with Crippen molar-refractivity contribution in [1.29, 1.82) is 5.26 Å². The predicted octanol–water partition coefficient (Wildman–Crippen LogP) is 0.0849. The third kappa shape index (κ3) is 0.637. The average Bonchev–Trinajstić information content (AvgIpc) is 2.68. The molecule has 0 N–H and O–H groups in total. The summed E-state index contributed by atoms with van der Waals surface area (Å²) >= 11 is 0. The highest BCUT2D eigenvalue weighted by molar-refractivity contribution is 5.78. The van der Waals surface area contributed by atoms with Crippen molar-refractivity contribution in [2.24, 2.45) is 17.8 Å². The highest BCUT2D eigenvalue weighted by Gasteiger charge is 2.67. The maximum absolute atomic E-state index is 11.4. The van der Waals surface area contributed by atoms with E-state index < -0.39 is 0 Å². The largest absolute Gasteiger partial charge is 0.459 e. The Morgan fingerprint density at radius 2 is 2.15 bits per heavy atom. The Labute approximate surface area is 75.4 Å². The van der Waals surface area contributed by atoms with Gasteiger partial charge in [-0.3, -0.25) is 4.79 Å². The van der Waals surface area contributed by atoms with Crippen LogP contribution in [0.4, 0.5) is 0 Å². The molecular formula is C9H9NO3. The second kappa shape index (κ2) is 2.05. The molecule has 0 aromatic heterocycles.